The molecule has 0 amide bonds. The molecule has 0 spiro atoms. The zero-order valence-electron chi connectivity index (χ0n) is 9.59. The summed E-state index contributed by atoms with van der Waals surface area (Å²) in [5.74, 6) is -0.100. The van der Waals surface area contributed by atoms with Crippen LogP contribution in [-0.4, -0.2) is 41.3 Å². The third-order valence-electron chi connectivity index (χ3n) is 3.00. The van der Waals surface area contributed by atoms with E-state index in [2.05, 4.69) is 10.2 Å². The van der Waals surface area contributed by atoms with E-state index in [9.17, 15) is 13.2 Å². The van der Waals surface area contributed by atoms with Gasteiger partial charge in [0.15, 0.2) is 0 Å². The number of aromatic amines is 1. The van der Waals surface area contributed by atoms with Crippen molar-refractivity contribution in [2.24, 2.45) is 0 Å². The van der Waals surface area contributed by atoms with Crippen molar-refractivity contribution in [3.05, 3.63) is 12.4 Å². The lowest BCUT2D eigenvalue weighted by Crippen LogP contribution is -2.47. The van der Waals surface area contributed by atoms with Crippen LogP contribution in [0.3, 0.4) is 0 Å². The smallest absolute Gasteiger partial charge is 0.246 e. The number of hydrogen-bond acceptors (Lipinski definition) is 4. The summed E-state index contributed by atoms with van der Waals surface area (Å²) < 4.78 is 25.8. The minimum absolute atomic E-state index is 0.100. The molecule has 0 radical (unpaired) electrons. The molecule has 1 aliphatic rings. The Morgan fingerprint density at radius 3 is 2.88 bits per heavy atom. The Kier molecular flexibility index (Phi) is 3.30. The molecule has 6 nitrogen and oxygen atoms in total. The molecule has 1 aliphatic heterocycles. The first-order valence-corrected chi connectivity index (χ1v) is 6.98. The van der Waals surface area contributed by atoms with E-state index in [1.807, 2.05) is 0 Å². The maximum atomic E-state index is 12.3. The van der Waals surface area contributed by atoms with Crippen LogP contribution < -0.4 is 0 Å². The van der Waals surface area contributed by atoms with Gasteiger partial charge < -0.3 is 0 Å². The Morgan fingerprint density at radius 2 is 2.29 bits per heavy atom. The molecule has 1 aromatic heterocycles. The van der Waals surface area contributed by atoms with Crippen molar-refractivity contribution >= 4 is 15.8 Å². The summed E-state index contributed by atoms with van der Waals surface area (Å²) in [7, 11) is -3.59. The zero-order valence-corrected chi connectivity index (χ0v) is 10.4. The van der Waals surface area contributed by atoms with Gasteiger partial charge in [0.05, 0.1) is 12.2 Å². The van der Waals surface area contributed by atoms with E-state index in [1.54, 1.807) is 0 Å². The van der Waals surface area contributed by atoms with E-state index >= 15 is 0 Å². The summed E-state index contributed by atoms with van der Waals surface area (Å²) in [5.41, 5.74) is 0. The van der Waals surface area contributed by atoms with Crippen LogP contribution in [0.15, 0.2) is 17.3 Å². The minimum atomic E-state index is -3.59. The molecule has 94 valence electrons. The van der Waals surface area contributed by atoms with Crippen LogP contribution in [-0.2, 0) is 14.8 Å². The number of H-pyrrole nitrogens is 1. The quantitative estimate of drug-likeness (QED) is 0.856. The molecule has 1 N–H and O–H groups in total. The van der Waals surface area contributed by atoms with Crippen LogP contribution in [0.4, 0.5) is 0 Å². The standard InChI is InChI=1S/C10H15N3O3S/c1-8(14)10-4-2-3-5-13(10)17(15,16)9-6-11-12-7-9/h6-7,10H,2-5H2,1H3,(H,11,12). The monoisotopic (exact) mass is 257 g/mol. The lowest BCUT2D eigenvalue weighted by Gasteiger charge is -2.32. The number of nitrogens with zero attached hydrogens (tertiary/aromatic N) is 2. The maximum absolute atomic E-state index is 12.3. The van der Waals surface area contributed by atoms with Crippen molar-refractivity contribution in [1.82, 2.24) is 14.5 Å². The molecule has 1 atom stereocenters. The van der Waals surface area contributed by atoms with Gasteiger partial charge in [-0.1, -0.05) is 6.42 Å². The van der Waals surface area contributed by atoms with Crippen molar-refractivity contribution in [1.29, 1.82) is 0 Å². The molecule has 1 aromatic rings. The van der Waals surface area contributed by atoms with Crippen LogP contribution in [0.2, 0.25) is 0 Å². The van der Waals surface area contributed by atoms with Gasteiger partial charge in [-0.3, -0.25) is 9.89 Å². The van der Waals surface area contributed by atoms with Crippen molar-refractivity contribution in [2.75, 3.05) is 6.54 Å². The fraction of sp³-hybridized carbons (Fsp3) is 0.600. The first kappa shape index (κ1) is 12.3. The van der Waals surface area contributed by atoms with Crippen molar-refractivity contribution < 1.29 is 13.2 Å². The van der Waals surface area contributed by atoms with Gasteiger partial charge in [-0.2, -0.15) is 9.40 Å². The van der Waals surface area contributed by atoms with Crippen LogP contribution in [0, 0.1) is 0 Å². The number of rotatable bonds is 3. The highest BCUT2D eigenvalue weighted by Gasteiger charge is 2.36. The largest absolute Gasteiger partial charge is 0.298 e. The predicted molar refractivity (Wildman–Crippen MR) is 60.8 cm³/mol. The number of ketones is 1. The molecule has 1 saturated heterocycles. The topological polar surface area (TPSA) is 83.1 Å². The second-order valence-corrected chi connectivity index (χ2v) is 6.06. The number of carbonyl (C=O) groups excluding carboxylic acids is 1. The highest BCUT2D eigenvalue weighted by atomic mass is 32.2. The Balaban J connectivity index is 2.34. The first-order valence-electron chi connectivity index (χ1n) is 5.54. The Labute approximate surface area is 100 Å². The Morgan fingerprint density at radius 1 is 1.53 bits per heavy atom. The van der Waals surface area contributed by atoms with Gasteiger partial charge in [0, 0.05) is 12.7 Å². The number of piperidine rings is 1. The summed E-state index contributed by atoms with van der Waals surface area (Å²) in [6.45, 7) is 1.84. The van der Waals surface area contributed by atoms with E-state index in [4.69, 9.17) is 0 Å². The summed E-state index contributed by atoms with van der Waals surface area (Å²) in [5, 5.41) is 6.12. The molecule has 2 rings (SSSR count). The zero-order chi connectivity index (χ0) is 12.5. The van der Waals surface area contributed by atoms with Gasteiger partial charge in [0.1, 0.15) is 10.7 Å². The van der Waals surface area contributed by atoms with Crippen LogP contribution in [0.1, 0.15) is 26.2 Å². The first-order chi connectivity index (χ1) is 8.03. The maximum Gasteiger partial charge on any atom is 0.246 e. The summed E-state index contributed by atoms with van der Waals surface area (Å²) in [6.07, 6.45) is 4.89. The minimum Gasteiger partial charge on any atom is -0.298 e. The van der Waals surface area contributed by atoms with Crippen LogP contribution >= 0.6 is 0 Å². The Hall–Kier alpha value is -1.21. The molecule has 0 saturated carbocycles. The van der Waals surface area contributed by atoms with E-state index < -0.39 is 16.1 Å². The lowest BCUT2D eigenvalue weighted by atomic mass is 10.0. The van der Waals surface area contributed by atoms with Crippen molar-refractivity contribution in [3.63, 3.8) is 0 Å². The van der Waals surface area contributed by atoms with Gasteiger partial charge in [0.2, 0.25) is 10.0 Å². The number of nitrogens with one attached hydrogen (secondary N) is 1. The molecule has 1 unspecified atom stereocenters. The van der Waals surface area contributed by atoms with Crippen LogP contribution in [0.5, 0.6) is 0 Å². The predicted octanol–water partition coefficient (Wildman–Crippen LogP) is 0.542. The number of carbonyl (C=O) groups is 1. The third kappa shape index (κ3) is 2.25. The van der Waals surface area contributed by atoms with E-state index in [1.165, 1.54) is 23.6 Å². The summed E-state index contributed by atoms with van der Waals surface area (Å²) in [6, 6.07) is -0.524. The Bertz CT molecular complexity index is 495. The second-order valence-electron chi connectivity index (χ2n) is 4.17. The number of aromatic nitrogens is 2. The average Bonchev–Trinajstić information content (AvgIpc) is 2.83. The molecule has 0 aromatic carbocycles. The average molecular weight is 257 g/mol. The van der Waals surface area contributed by atoms with Crippen molar-refractivity contribution in [2.45, 2.75) is 37.1 Å². The van der Waals surface area contributed by atoms with Gasteiger partial charge in [-0.25, -0.2) is 8.42 Å². The SMILES string of the molecule is CC(=O)C1CCCCN1S(=O)(=O)c1cn[nH]c1. The molecule has 2 heterocycles. The molecule has 17 heavy (non-hydrogen) atoms. The molecule has 1 fully saturated rings. The van der Waals surface area contributed by atoms with E-state index in [0.717, 1.165) is 12.8 Å². The summed E-state index contributed by atoms with van der Waals surface area (Å²) >= 11 is 0. The molecule has 7 heteroatoms. The number of sulfonamides is 1. The highest BCUT2D eigenvalue weighted by Crippen LogP contribution is 2.25. The lowest BCUT2D eigenvalue weighted by molar-refractivity contribution is -0.121. The van der Waals surface area contributed by atoms with Gasteiger partial charge in [0.25, 0.3) is 0 Å². The molecular weight excluding hydrogens is 242 g/mol. The van der Waals surface area contributed by atoms with Crippen molar-refractivity contribution in [3.8, 4) is 0 Å². The molecular formula is C10H15N3O3S. The number of Topliss-reactive ketones (excluding diaryl/α,β-unsaturated/α-hetero) is 1. The molecule has 0 aliphatic carbocycles. The normalized spacial score (nSPS) is 22.5. The second kappa shape index (κ2) is 4.58. The van der Waals surface area contributed by atoms with E-state index in [-0.39, 0.29) is 10.7 Å². The van der Waals surface area contributed by atoms with Crippen LogP contribution in [0.25, 0.3) is 0 Å². The van der Waals surface area contributed by atoms with Gasteiger partial charge in [-0.15, -0.1) is 0 Å². The summed E-state index contributed by atoms with van der Waals surface area (Å²) in [4.78, 5) is 11.6. The van der Waals surface area contributed by atoms with E-state index in [0.29, 0.717) is 13.0 Å². The molecule has 0 bridgehead atoms. The fourth-order valence-electron chi connectivity index (χ4n) is 2.11. The third-order valence-corrected chi connectivity index (χ3v) is 4.88. The van der Waals surface area contributed by atoms with Gasteiger partial charge >= 0.3 is 0 Å². The fourth-order valence-corrected chi connectivity index (χ4v) is 3.73. The highest BCUT2D eigenvalue weighted by molar-refractivity contribution is 7.89. The number of hydrogen-bond donors (Lipinski definition) is 1. The van der Waals surface area contributed by atoms with Gasteiger partial charge in [-0.05, 0) is 19.8 Å².